The van der Waals surface area contributed by atoms with Gasteiger partial charge in [-0.15, -0.1) is 0 Å². The third-order valence-corrected chi connectivity index (χ3v) is 6.74. The van der Waals surface area contributed by atoms with Crippen LogP contribution < -0.4 is 0 Å². The Labute approximate surface area is 166 Å². The first-order valence-corrected chi connectivity index (χ1v) is 8.08. The van der Waals surface area contributed by atoms with Crippen LogP contribution in [0.2, 0.25) is 0 Å². The summed E-state index contributed by atoms with van der Waals surface area (Å²) in [5.41, 5.74) is -14.5. The van der Waals surface area contributed by atoms with Crippen molar-refractivity contribution in [2.24, 2.45) is 0 Å². The summed E-state index contributed by atoms with van der Waals surface area (Å²) >= 11 is 0. The number of nitrogens with zero attached hydrogens (tertiary/aromatic N) is 7. The van der Waals surface area contributed by atoms with Crippen molar-refractivity contribution in [3.63, 3.8) is 0 Å². The Balaban J connectivity index is 2.63. The van der Waals surface area contributed by atoms with Crippen molar-refractivity contribution in [1.82, 2.24) is 0 Å². The molecule has 0 N–H and O–H groups in total. The topological polar surface area (TPSA) is 302 Å². The highest BCUT2D eigenvalue weighted by atomic mass is 16.7. The van der Waals surface area contributed by atoms with Crippen molar-refractivity contribution in [2.45, 2.75) is 59.5 Å². The summed E-state index contributed by atoms with van der Waals surface area (Å²) in [5, 5.41) is 83.1. The Morgan fingerprint density at radius 3 is 0.935 bits per heavy atom. The van der Waals surface area contributed by atoms with E-state index in [1.54, 1.807) is 0 Å². The molecule has 4 rings (SSSR count). The maximum Gasteiger partial charge on any atom is 0.375 e. The SMILES string of the molecule is O=[N+]([O-])C1[C@@]2([N+](=O)[O-])C[C@@]3([N+](=O)[O-])C[C@]1([N+](=O)[O-])C([N+](=O)[O-])[C@@]([N+](=O)[O-])(C2)C3[N+](=O)[O-]. The van der Waals surface area contributed by atoms with Gasteiger partial charge in [0, 0.05) is 34.5 Å². The van der Waals surface area contributed by atoms with Crippen molar-refractivity contribution >= 4 is 0 Å². The fraction of sp³-hybridized carbons (Fsp3) is 1.00. The normalized spacial score (nSPS) is 42.5. The summed E-state index contributed by atoms with van der Waals surface area (Å²) in [6.45, 7) is 0. The lowest BCUT2D eigenvalue weighted by Gasteiger charge is -2.55. The van der Waals surface area contributed by atoms with Crippen molar-refractivity contribution < 1.29 is 34.5 Å². The molecule has 0 aromatic rings. The van der Waals surface area contributed by atoms with E-state index in [4.69, 9.17) is 0 Å². The molecule has 0 heterocycles. The van der Waals surface area contributed by atoms with E-state index in [0.717, 1.165) is 0 Å². The van der Waals surface area contributed by atoms with Crippen LogP contribution >= 0.6 is 0 Å². The molecule has 21 nitrogen and oxygen atoms in total. The van der Waals surface area contributed by atoms with Gasteiger partial charge in [-0.1, -0.05) is 0 Å². The predicted molar refractivity (Wildman–Crippen MR) is 85.1 cm³/mol. The van der Waals surface area contributed by atoms with Gasteiger partial charge in [-0.2, -0.15) is 0 Å². The maximum atomic E-state index is 12.0. The van der Waals surface area contributed by atoms with E-state index >= 15 is 0 Å². The standard InChI is InChI=1S/C10H9N7O14/c18-11(19)4-7(14(24)25)1-8(15(26)27)3-10(4,17(30)31)6(13(22)23)9(2-7,16(28)29)5(8)12(20)21/h4-6H,1-3H2/t4?,5?,6?,7-,8-,9-,10-/m1/s1. The van der Waals surface area contributed by atoms with Crippen LogP contribution in [-0.4, -0.2) is 74.7 Å². The summed E-state index contributed by atoms with van der Waals surface area (Å²) in [4.78, 5) is 71.6. The van der Waals surface area contributed by atoms with Crippen LogP contribution in [0, 0.1) is 70.8 Å². The molecule has 4 aliphatic rings. The Kier molecular flexibility index (Phi) is 3.95. The molecule has 0 radical (unpaired) electrons. The highest BCUT2D eigenvalue weighted by Crippen LogP contribution is 2.66. The monoisotopic (exact) mass is 451 g/mol. The lowest BCUT2D eigenvalue weighted by atomic mass is 9.39. The summed E-state index contributed by atoms with van der Waals surface area (Å²) in [5.74, 6) is 0. The Hall–Kier alpha value is -4.20. The molecule has 0 spiro atoms. The van der Waals surface area contributed by atoms with Crippen LogP contribution in [0.25, 0.3) is 0 Å². The number of rotatable bonds is 7. The molecule has 2 unspecified atom stereocenters. The van der Waals surface area contributed by atoms with E-state index in [0.29, 0.717) is 0 Å². The zero-order valence-electron chi connectivity index (χ0n) is 14.7. The fourth-order valence-electron chi connectivity index (χ4n) is 6.18. The van der Waals surface area contributed by atoms with E-state index < -0.39 is 94.0 Å². The molecule has 4 saturated carbocycles. The van der Waals surface area contributed by atoms with Crippen molar-refractivity contribution in [1.29, 1.82) is 0 Å². The highest BCUT2D eigenvalue weighted by molar-refractivity contribution is 5.33. The van der Waals surface area contributed by atoms with Gasteiger partial charge in [0.15, 0.2) is 0 Å². The summed E-state index contributed by atoms with van der Waals surface area (Å²) in [6, 6.07) is -9.50. The smallest absolute Gasteiger partial charge is 0.264 e. The largest absolute Gasteiger partial charge is 0.375 e. The Bertz CT molecular complexity index is 930. The van der Waals surface area contributed by atoms with Crippen molar-refractivity contribution in [2.75, 3.05) is 0 Å². The van der Waals surface area contributed by atoms with Gasteiger partial charge in [0.25, 0.3) is 0 Å². The molecule has 4 aliphatic carbocycles. The second kappa shape index (κ2) is 5.69. The van der Waals surface area contributed by atoms with Crippen LogP contribution in [0.5, 0.6) is 0 Å². The highest BCUT2D eigenvalue weighted by Gasteiger charge is 3.07. The lowest BCUT2D eigenvalue weighted by Crippen LogP contribution is -2.96. The quantitative estimate of drug-likeness (QED) is 0.304. The van der Waals surface area contributed by atoms with Gasteiger partial charge in [-0.25, -0.2) is 0 Å². The average molecular weight is 451 g/mol. The Morgan fingerprint density at radius 2 is 0.742 bits per heavy atom. The van der Waals surface area contributed by atoms with Crippen molar-refractivity contribution in [3.8, 4) is 0 Å². The van der Waals surface area contributed by atoms with Gasteiger partial charge >= 0.3 is 40.3 Å². The second-order valence-electron chi connectivity index (χ2n) is 7.81. The summed E-state index contributed by atoms with van der Waals surface area (Å²) < 4.78 is 0. The summed E-state index contributed by atoms with van der Waals surface area (Å²) in [7, 11) is 0. The third-order valence-electron chi connectivity index (χ3n) is 6.74. The molecular weight excluding hydrogens is 442 g/mol. The first-order chi connectivity index (χ1) is 14.1. The molecule has 0 amide bonds. The molecule has 31 heavy (non-hydrogen) atoms. The van der Waals surface area contributed by atoms with Gasteiger partial charge in [-0.05, 0) is 0 Å². The average Bonchev–Trinajstić information content (AvgIpc) is 2.59. The minimum absolute atomic E-state index is 1.55. The van der Waals surface area contributed by atoms with Crippen LogP contribution in [0.3, 0.4) is 0 Å². The maximum absolute atomic E-state index is 12.0. The van der Waals surface area contributed by atoms with Gasteiger partial charge in [0.2, 0.25) is 0 Å². The number of nitro groups is 7. The zero-order chi connectivity index (χ0) is 23.9. The zero-order valence-corrected chi connectivity index (χ0v) is 14.7. The van der Waals surface area contributed by atoms with Crippen LogP contribution in [0.15, 0.2) is 0 Å². The van der Waals surface area contributed by atoms with Crippen molar-refractivity contribution in [3.05, 3.63) is 70.8 Å². The first kappa shape index (κ1) is 21.5. The number of hydrogen-bond acceptors (Lipinski definition) is 14. The molecule has 0 aromatic heterocycles. The lowest BCUT2D eigenvalue weighted by molar-refractivity contribution is -0.845. The molecule has 21 heteroatoms. The van der Waals surface area contributed by atoms with E-state index in [2.05, 4.69) is 0 Å². The second-order valence-corrected chi connectivity index (χ2v) is 7.81. The predicted octanol–water partition coefficient (Wildman–Crippen LogP) is -1.80. The summed E-state index contributed by atoms with van der Waals surface area (Å²) in [6.07, 6.45) is -5.30. The van der Waals surface area contributed by atoms with Gasteiger partial charge < -0.3 is 0 Å². The molecular formula is C10H9N7O14. The number of hydrogen-bond donors (Lipinski definition) is 0. The fourth-order valence-corrected chi connectivity index (χ4v) is 6.18. The van der Waals surface area contributed by atoms with E-state index in [9.17, 15) is 70.8 Å². The van der Waals surface area contributed by atoms with Gasteiger partial charge in [0.05, 0.1) is 0 Å². The van der Waals surface area contributed by atoms with Crippen LogP contribution in [-0.2, 0) is 0 Å². The molecule has 0 saturated heterocycles. The van der Waals surface area contributed by atoms with Crippen LogP contribution in [0.4, 0.5) is 0 Å². The molecule has 168 valence electrons. The molecule has 4 bridgehead atoms. The van der Waals surface area contributed by atoms with Crippen LogP contribution in [0.1, 0.15) is 19.3 Å². The first-order valence-electron chi connectivity index (χ1n) is 8.08. The van der Waals surface area contributed by atoms with E-state index in [1.165, 1.54) is 0 Å². The van der Waals surface area contributed by atoms with E-state index in [1.807, 2.05) is 0 Å². The molecule has 6 atom stereocenters. The minimum Gasteiger partial charge on any atom is -0.264 e. The molecule has 0 aromatic carbocycles. The van der Waals surface area contributed by atoms with Gasteiger partial charge in [0.1, 0.15) is 19.3 Å². The van der Waals surface area contributed by atoms with E-state index in [-0.39, 0.29) is 0 Å². The third kappa shape index (κ3) is 1.99. The minimum atomic E-state index is -3.83. The molecule has 0 aliphatic heterocycles. The Morgan fingerprint density at radius 1 is 0.452 bits per heavy atom. The van der Waals surface area contributed by atoms with Gasteiger partial charge in [-0.3, -0.25) is 70.8 Å². The molecule has 4 fully saturated rings.